The third-order valence-electron chi connectivity index (χ3n) is 7.22. The lowest BCUT2D eigenvalue weighted by atomic mass is 9.92. The van der Waals surface area contributed by atoms with E-state index in [0.717, 1.165) is 18.6 Å². The molecule has 0 N–H and O–H groups in total. The predicted octanol–water partition coefficient (Wildman–Crippen LogP) is 9.62. The Morgan fingerprint density at radius 2 is 1.58 bits per heavy atom. The van der Waals surface area contributed by atoms with Crippen molar-refractivity contribution >= 4 is 6.08 Å². The van der Waals surface area contributed by atoms with Crippen LogP contribution in [0.15, 0.2) is 60.7 Å². The Morgan fingerprint density at radius 3 is 2.24 bits per heavy atom. The highest BCUT2D eigenvalue weighted by molar-refractivity contribution is 5.72. The highest BCUT2D eigenvalue weighted by Crippen LogP contribution is 2.32. The minimum absolute atomic E-state index is 0.0741. The summed E-state index contributed by atoms with van der Waals surface area (Å²) in [6.45, 7) is 4.99. The molecule has 1 saturated heterocycles. The molecule has 0 spiro atoms. The van der Waals surface area contributed by atoms with Gasteiger partial charge in [0.25, 0.3) is 0 Å². The monoisotopic (exact) mass is 522 g/mol. The van der Waals surface area contributed by atoms with Crippen molar-refractivity contribution in [1.82, 2.24) is 0 Å². The molecule has 2 atom stereocenters. The number of unbranched alkanes of at least 4 members (excludes halogenated alkanes) is 3. The molecule has 1 fully saturated rings. The predicted molar refractivity (Wildman–Crippen MR) is 149 cm³/mol. The van der Waals surface area contributed by atoms with Gasteiger partial charge in [-0.1, -0.05) is 81.2 Å². The van der Waals surface area contributed by atoms with Crippen LogP contribution in [0.1, 0.15) is 64.4 Å². The van der Waals surface area contributed by atoms with Crippen LogP contribution in [0.2, 0.25) is 0 Å². The molecule has 38 heavy (non-hydrogen) atoms. The summed E-state index contributed by atoms with van der Waals surface area (Å²) >= 11 is 0. The summed E-state index contributed by atoms with van der Waals surface area (Å²) in [5.41, 5.74) is 2.52. The summed E-state index contributed by atoms with van der Waals surface area (Å²) < 4.78 is 55.0. The summed E-state index contributed by atoms with van der Waals surface area (Å²) in [5.74, 6) is -1.77. The van der Waals surface area contributed by atoms with E-state index >= 15 is 0 Å². The molecule has 0 aliphatic carbocycles. The van der Waals surface area contributed by atoms with Crippen LogP contribution in [-0.2, 0) is 4.74 Å². The molecule has 202 valence electrons. The Morgan fingerprint density at radius 1 is 0.842 bits per heavy atom. The summed E-state index contributed by atoms with van der Waals surface area (Å²) in [5, 5.41) is 0. The van der Waals surface area contributed by atoms with Crippen LogP contribution < -0.4 is 4.74 Å². The molecule has 0 radical (unpaired) electrons. The molecule has 5 heteroatoms. The van der Waals surface area contributed by atoms with Gasteiger partial charge in [0.2, 0.25) is 5.82 Å². The lowest BCUT2D eigenvalue weighted by Crippen LogP contribution is -2.24. The van der Waals surface area contributed by atoms with Gasteiger partial charge in [0.1, 0.15) is 5.82 Å². The molecule has 0 bridgehead atoms. The van der Waals surface area contributed by atoms with Gasteiger partial charge in [-0.05, 0) is 67.0 Å². The molecule has 0 amide bonds. The van der Waals surface area contributed by atoms with Crippen molar-refractivity contribution in [2.45, 2.75) is 64.9 Å². The van der Waals surface area contributed by atoms with E-state index in [0.29, 0.717) is 22.6 Å². The van der Waals surface area contributed by atoms with Crippen molar-refractivity contribution < 1.29 is 22.6 Å². The average Bonchev–Trinajstić information content (AvgIpc) is 2.94. The van der Waals surface area contributed by atoms with Gasteiger partial charge < -0.3 is 9.47 Å². The molecule has 3 aromatic carbocycles. The summed E-state index contributed by atoms with van der Waals surface area (Å²) in [6, 6.07) is 14.8. The Labute approximate surface area is 224 Å². The van der Waals surface area contributed by atoms with E-state index in [1.807, 2.05) is 18.2 Å². The minimum Gasteiger partial charge on any atom is -0.491 e. The second kappa shape index (κ2) is 13.7. The van der Waals surface area contributed by atoms with Gasteiger partial charge in [-0.25, -0.2) is 8.78 Å². The quantitative estimate of drug-likeness (QED) is 0.233. The van der Waals surface area contributed by atoms with Crippen LogP contribution >= 0.6 is 0 Å². The molecule has 0 saturated carbocycles. The summed E-state index contributed by atoms with van der Waals surface area (Å²) in [6.07, 6.45) is 12.6. The molecule has 0 aromatic heterocycles. The van der Waals surface area contributed by atoms with Gasteiger partial charge in [-0.3, -0.25) is 0 Å². The fraction of sp³-hybridized carbons (Fsp3) is 0.394. The second-order valence-electron chi connectivity index (χ2n) is 10.0. The van der Waals surface area contributed by atoms with E-state index in [2.05, 4.69) is 6.92 Å². The van der Waals surface area contributed by atoms with Gasteiger partial charge in [-0.15, -0.1) is 0 Å². The van der Waals surface area contributed by atoms with Crippen LogP contribution in [-0.4, -0.2) is 19.3 Å². The summed E-state index contributed by atoms with van der Waals surface area (Å²) in [4.78, 5) is 0. The van der Waals surface area contributed by atoms with E-state index in [4.69, 9.17) is 9.47 Å². The van der Waals surface area contributed by atoms with Crippen LogP contribution in [0.25, 0.3) is 28.3 Å². The number of halogens is 3. The van der Waals surface area contributed by atoms with Gasteiger partial charge in [0.05, 0.1) is 19.3 Å². The molecular weight excluding hydrogens is 485 g/mol. The maximum atomic E-state index is 15.0. The van der Waals surface area contributed by atoms with Gasteiger partial charge in [0.15, 0.2) is 11.6 Å². The van der Waals surface area contributed by atoms with E-state index in [1.54, 1.807) is 37.3 Å². The first-order valence-corrected chi connectivity index (χ1v) is 13.8. The second-order valence-corrected chi connectivity index (χ2v) is 10.0. The topological polar surface area (TPSA) is 18.5 Å². The SMILES string of the molecule is CCCCCCC1CCC(/C=C/c2ccc(-c3ccc(-c4ccc(OCC)c(F)c4F)cc3)c(F)c2)OC1. The van der Waals surface area contributed by atoms with Crippen molar-refractivity contribution in [2.75, 3.05) is 13.2 Å². The molecule has 3 aromatic rings. The van der Waals surface area contributed by atoms with Crippen LogP contribution in [0, 0.1) is 23.4 Å². The molecule has 4 rings (SSSR count). The van der Waals surface area contributed by atoms with Gasteiger partial charge in [-0.2, -0.15) is 4.39 Å². The zero-order valence-corrected chi connectivity index (χ0v) is 22.3. The molecule has 2 unspecified atom stereocenters. The zero-order chi connectivity index (χ0) is 26.9. The standard InChI is InChI=1S/C33H37F3O2/c1-3-5-6-7-8-24-10-17-27(38-22-24)16-9-23-11-18-28(30(34)21-23)25-12-14-26(15-13-25)29-19-20-31(37-4-2)33(36)32(29)35/h9,11-16,18-21,24,27H,3-8,10,17,22H2,1-2H3/b16-9+. The first-order chi connectivity index (χ1) is 18.5. The molecule has 2 nitrogen and oxygen atoms in total. The van der Waals surface area contributed by atoms with Gasteiger partial charge >= 0.3 is 0 Å². The first kappa shape index (κ1) is 28.0. The third kappa shape index (κ3) is 7.08. The summed E-state index contributed by atoms with van der Waals surface area (Å²) in [7, 11) is 0. The molecule has 1 aliphatic rings. The average molecular weight is 523 g/mol. The van der Waals surface area contributed by atoms with Crippen molar-refractivity contribution in [3.63, 3.8) is 0 Å². The largest absolute Gasteiger partial charge is 0.491 e. The lowest BCUT2D eigenvalue weighted by Gasteiger charge is -2.27. The van der Waals surface area contributed by atoms with Crippen molar-refractivity contribution in [1.29, 1.82) is 0 Å². The minimum atomic E-state index is -1.01. The van der Waals surface area contributed by atoms with E-state index in [-0.39, 0.29) is 29.8 Å². The molecular formula is C33H37F3O2. The normalized spacial score (nSPS) is 17.7. The third-order valence-corrected chi connectivity index (χ3v) is 7.22. The maximum Gasteiger partial charge on any atom is 0.201 e. The van der Waals surface area contributed by atoms with Crippen LogP contribution in [0.5, 0.6) is 5.75 Å². The smallest absolute Gasteiger partial charge is 0.201 e. The lowest BCUT2D eigenvalue weighted by molar-refractivity contribution is 0.00825. The van der Waals surface area contributed by atoms with Crippen molar-refractivity contribution in [3.05, 3.63) is 83.7 Å². The maximum absolute atomic E-state index is 15.0. The Balaban J connectivity index is 1.37. The van der Waals surface area contributed by atoms with E-state index < -0.39 is 11.6 Å². The van der Waals surface area contributed by atoms with Crippen LogP contribution in [0.4, 0.5) is 13.2 Å². The molecule has 1 heterocycles. The van der Waals surface area contributed by atoms with Crippen molar-refractivity contribution in [3.8, 4) is 28.0 Å². The Hall–Kier alpha value is -3.05. The highest BCUT2D eigenvalue weighted by Gasteiger charge is 2.20. The first-order valence-electron chi connectivity index (χ1n) is 13.8. The number of benzene rings is 3. The number of hydrogen-bond acceptors (Lipinski definition) is 2. The molecule has 1 aliphatic heterocycles. The fourth-order valence-electron chi connectivity index (χ4n) is 5.00. The van der Waals surface area contributed by atoms with E-state index in [1.165, 1.54) is 56.7 Å². The van der Waals surface area contributed by atoms with Gasteiger partial charge in [0, 0.05) is 11.1 Å². The number of hydrogen-bond donors (Lipinski definition) is 0. The zero-order valence-electron chi connectivity index (χ0n) is 22.3. The van der Waals surface area contributed by atoms with Crippen LogP contribution in [0.3, 0.4) is 0 Å². The Kier molecular flexibility index (Phi) is 10.1. The fourth-order valence-corrected chi connectivity index (χ4v) is 5.00. The highest BCUT2D eigenvalue weighted by atomic mass is 19.2. The van der Waals surface area contributed by atoms with E-state index in [9.17, 15) is 13.2 Å². The number of ether oxygens (including phenoxy) is 2. The van der Waals surface area contributed by atoms with Crippen molar-refractivity contribution in [2.24, 2.45) is 5.92 Å². The number of rotatable bonds is 11. The Bertz CT molecular complexity index is 1210.